The third kappa shape index (κ3) is 2.87. The van der Waals surface area contributed by atoms with Crippen LogP contribution < -0.4 is 20.7 Å². The minimum atomic E-state index is 0.562. The molecule has 4 nitrogen and oxygen atoms in total. The van der Waals surface area contributed by atoms with Crippen molar-refractivity contribution in [3.63, 3.8) is 0 Å². The topological polar surface area (TPSA) is 50.5 Å². The molecule has 0 aliphatic carbocycles. The lowest BCUT2D eigenvalue weighted by molar-refractivity contribution is 0.415. The van der Waals surface area contributed by atoms with Crippen LogP contribution in [0.2, 0.25) is 0 Å². The summed E-state index contributed by atoms with van der Waals surface area (Å²) in [5, 5.41) is 5.72. The number of hydrogen-bond donors (Lipinski definition) is 2. The molecule has 0 aromatic heterocycles. The van der Waals surface area contributed by atoms with E-state index in [4.69, 9.17) is 10.5 Å². The minimum Gasteiger partial charge on any atom is -0.456 e. The number of fused-ring (bicyclic) bond motifs is 2. The van der Waals surface area contributed by atoms with Gasteiger partial charge in [0.15, 0.2) is 5.75 Å². The average Bonchev–Trinajstić information content (AvgIpc) is 2.62. The average molecular weight is 331 g/mol. The zero-order valence-corrected chi connectivity index (χ0v) is 14.4. The number of nitrogens with one attached hydrogen (secondary N) is 1. The van der Waals surface area contributed by atoms with Gasteiger partial charge in [-0.15, -0.1) is 0 Å². The van der Waals surface area contributed by atoms with Gasteiger partial charge in [-0.25, -0.2) is 0 Å². The lowest BCUT2D eigenvalue weighted by Crippen LogP contribution is -2.20. The number of rotatable bonds is 3. The molecule has 0 atom stereocenters. The first-order valence-electron chi connectivity index (χ1n) is 8.35. The van der Waals surface area contributed by atoms with Gasteiger partial charge in [0, 0.05) is 24.7 Å². The van der Waals surface area contributed by atoms with Crippen LogP contribution in [0.25, 0.3) is 10.8 Å². The van der Waals surface area contributed by atoms with E-state index in [0.717, 1.165) is 18.0 Å². The highest BCUT2D eigenvalue weighted by molar-refractivity contribution is 5.94. The second-order valence-electron chi connectivity index (χ2n) is 6.38. The van der Waals surface area contributed by atoms with Crippen molar-refractivity contribution in [2.45, 2.75) is 13.5 Å². The Labute approximate surface area is 147 Å². The van der Waals surface area contributed by atoms with Crippen LogP contribution in [0, 0.1) is 0 Å². The van der Waals surface area contributed by atoms with E-state index in [9.17, 15) is 0 Å². The second kappa shape index (κ2) is 6.06. The van der Waals surface area contributed by atoms with Crippen molar-refractivity contribution in [2.24, 2.45) is 5.73 Å². The summed E-state index contributed by atoms with van der Waals surface area (Å²) in [6, 6.07) is 21.0. The van der Waals surface area contributed by atoms with Crippen molar-refractivity contribution in [3.8, 4) is 5.75 Å². The predicted octanol–water partition coefficient (Wildman–Crippen LogP) is 4.43. The zero-order chi connectivity index (χ0) is 17.4. The number of hydrogen-bond acceptors (Lipinski definition) is 4. The van der Waals surface area contributed by atoms with E-state index >= 15 is 0 Å². The van der Waals surface area contributed by atoms with Gasteiger partial charge in [0.2, 0.25) is 0 Å². The summed E-state index contributed by atoms with van der Waals surface area (Å²) in [6.07, 6.45) is 0. The molecule has 1 aliphatic rings. The summed E-state index contributed by atoms with van der Waals surface area (Å²) in [5.41, 5.74) is 9.25. The highest BCUT2D eigenvalue weighted by Crippen LogP contribution is 2.33. The van der Waals surface area contributed by atoms with Crippen LogP contribution in [0.3, 0.4) is 0 Å². The molecule has 0 amide bonds. The SMILES string of the molecule is CC1=C(N)Nc2cc(CN(C)c3cccc4ccccc34)ccc2O1. The maximum Gasteiger partial charge on any atom is 0.150 e. The van der Waals surface area contributed by atoms with E-state index in [1.807, 2.05) is 13.0 Å². The molecule has 1 aliphatic heterocycles. The maximum absolute atomic E-state index is 5.93. The van der Waals surface area contributed by atoms with Gasteiger partial charge < -0.3 is 20.7 Å². The highest BCUT2D eigenvalue weighted by atomic mass is 16.5. The molecule has 0 saturated carbocycles. The largest absolute Gasteiger partial charge is 0.456 e. The molecule has 0 fully saturated rings. The molecule has 1 heterocycles. The zero-order valence-electron chi connectivity index (χ0n) is 14.4. The number of nitrogens with two attached hydrogens (primary N) is 1. The molecule has 4 heteroatoms. The Morgan fingerprint density at radius 2 is 1.84 bits per heavy atom. The van der Waals surface area contributed by atoms with Gasteiger partial charge in [-0.1, -0.05) is 42.5 Å². The van der Waals surface area contributed by atoms with Crippen LogP contribution in [-0.2, 0) is 6.54 Å². The number of benzene rings is 3. The van der Waals surface area contributed by atoms with Crippen LogP contribution in [0.1, 0.15) is 12.5 Å². The molecule has 25 heavy (non-hydrogen) atoms. The number of anilines is 2. The van der Waals surface area contributed by atoms with Gasteiger partial charge >= 0.3 is 0 Å². The van der Waals surface area contributed by atoms with Crippen LogP contribution >= 0.6 is 0 Å². The molecule has 3 N–H and O–H groups in total. The maximum atomic E-state index is 5.93. The Kier molecular flexibility index (Phi) is 3.73. The van der Waals surface area contributed by atoms with Gasteiger partial charge in [0.25, 0.3) is 0 Å². The van der Waals surface area contributed by atoms with E-state index in [-0.39, 0.29) is 0 Å². The van der Waals surface area contributed by atoms with E-state index in [2.05, 4.69) is 71.9 Å². The fourth-order valence-corrected chi connectivity index (χ4v) is 3.22. The Bertz CT molecular complexity index is 973. The Hall–Kier alpha value is -3.14. The quantitative estimate of drug-likeness (QED) is 0.745. The van der Waals surface area contributed by atoms with E-state index in [0.29, 0.717) is 11.6 Å². The molecule has 4 rings (SSSR count). The summed E-state index contributed by atoms with van der Waals surface area (Å²) in [4.78, 5) is 2.26. The molecule has 0 radical (unpaired) electrons. The van der Waals surface area contributed by atoms with Gasteiger partial charge in [-0.3, -0.25) is 0 Å². The Morgan fingerprint density at radius 1 is 1.04 bits per heavy atom. The normalized spacial score (nSPS) is 13.2. The molecule has 0 unspecified atom stereocenters. The third-order valence-electron chi connectivity index (χ3n) is 4.55. The highest BCUT2D eigenvalue weighted by Gasteiger charge is 2.15. The third-order valence-corrected chi connectivity index (χ3v) is 4.55. The van der Waals surface area contributed by atoms with Crippen molar-refractivity contribution in [2.75, 3.05) is 17.3 Å². The summed E-state index contributed by atoms with van der Waals surface area (Å²) in [7, 11) is 2.11. The van der Waals surface area contributed by atoms with Gasteiger partial charge in [-0.05, 0) is 36.1 Å². The van der Waals surface area contributed by atoms with Crippen molar-refractivity contribution in [3.05, 3.63) is 77.8 Å². The number of ether oxygens (including phenoxy) is 1. The Morgan fingerprint density at radius 3 is 2.72 bits per heavy atom. The molecule has 126 valence electrons. The minimum absolute atomic E-state index is 0.562. The fourth-order valence-electron chi connectivity index (χ4n) is 3.22. The Balaban J connectivity index is 1.62. The van der Waals surface area contributed by atoms with E-state index in [1.54, 1.807) is 0 Å². The summed E-state index contributed by atoms with van der Waals surface area (Å²) >= 11 is 0. The molecule has 0 saturated heterocycles. The van der Waals surface area contributed by atoms with Crippen molar-refractivity contribution < 1.29 is 4.74 Å². The summed E-state index contributed by atoms with van der Waals surface area (Å²) < 4.78 is 5.72. The van der Waals surface area contributed by atoms with Crippen molar-refractivity contribution in [1.29, 1.82) is 0 Å². The molecule has 3 aromatic rings. The van der Waals surface area contributed by atoms with Crippen molar-refractivity contribution in [1.82, 2.24) is 0 Å². The standard InChI is InChI=1S/C21H21N3O/c1-14-21(22)23-18-12-15(10-11-20(18)25-14)13-24(2)19-9-5-7-16-6-3-4-8-17(16)19/h3-12,23H,13,22H2,1-2H3. The summed E-state index contributed by atoms with van der Waals surface area (Å²) in [6.45, 7) is 2.65. The van der Waals surface area contributed by atoms with Crippen LogP contribution in [0.5, 0.6) is 5.75 Å². The van der Waals surface area contributed by atoms with E-state index in [1.165, 1.54) is 22.0 Å². The number of allylic oxidation sites excluding steroid dienone is 1. The number of nitrogens with zero attached hydrogens (tertiary/aromatic N) is 1. The molecular formula is C21H21N3O. The molecular weight excluding hydrogens is 310 g/mol. The molecule has 3 aromatic carbocycles. The van der Waals surface area contributed by atoms with Gasteiger partial charge in [0.1, 0.15) is 11.6 Å². The lowest BCUT2D eigenvalue weighted by atomic mass is 10.1. The lowest BCUT2D eigenvalue weighted by Gasteiger charge is -2.24. The van der Waals surface area contributed by atoms with Crippen LogP contribution in [0.15, 0.2) is 72.2 Å². The summed E-state index contributed by atoms with van der Waals surface area (Å²) in [5.74, 6) is 2.07. The first-order valence-corrected chi connectivity index (χ1v) is 8.35. The predicted molar refractivity (Wildman–Crippen MR) is 104 cm³/mol. The first kappa shape index (κ1) is 15.4. The van der Waals surface area contributed by atoms with Gasteiger partial charge in [0.05, 0.1) is 5.69 Å². The van der Waals surface area contributed by atoms with Crippen molar-refractivity contribution >= 4 is 22.1 Å². The fraction of sp³-hybridized carbons (Fsp3) is 0.143. The monoisotopic (exact) mass is 331 g/mol. The smallest absolute Gasteiger partial charge is 0.150 e. The van der Waals surface area contributed by atoms with Crippen LogP contribution in [0.4, 0.5) is 11.4 Å². The second-order valence-corrected chi connectivity index (χ2v) is 6.38. The van der Waals surface area contributed by atoms with Crippen LogP contribution in [-0.4, -0.2) is 7.05 Å². The first-order chi connectivity index (χ1) is 12.1. The molecule has 0 spiro atoms. The van der Waals surface area contributed by atoms with Gasteiger partial charge in [-0.2, -0.15) is 0 Å². The molecule has 0 bridgehead atoms. The van der Waals surface area contributed by atoms with E-state index < -0.39 is 0 Å².